The molecule has 3 nitrogen and oxygen atoms in total. The molecular weight excluding hydrogens is 269 g/mol. The van der Waals surface area contributed by atoms with Crippen molar-refractivity contribution in [2.45, 2.75) is 6.18 Å². The highest BCUT2D eigenvalue weighted by molar-refractivity contribution is 6.48. The highest BCUT2D eigenvalue weighted by Crippen LogP contribution is 2.20. The van der Waals surface area contributed by atoms with Gasteiger partial charge in [-0.1, -0.05) is 23.7 Å². The van der Waals surface area contributed by atoms with Gasteiger partial charge in [0.25, 0.3) is 5.78 Å². The lowest BCUT2D eigenvalue weighted by Crippen LogP contribution is -2.32. The van der Waals surface area contributed by atoms with Crippen LogP contribution in [-0.4, -0.2) is 36.8 Å². The van der Waals surface area contributed by atoms with E-state index in [1.54, 1.807) is 0 Å². The number of Topliss-reactive ketones (excluding diaryl/α,β-unsaturated/α-hetero) is 1. The number of carbonyl (C=O) groups is 1. The third kappa shape index (κ3) is 3.73. The topological polar surface area (TPSA) is 32.7 Å². The van der Waals surface area contributed by atoms with Gasteiger partial charge in [0.2, 0.25) is 0 Å². The fourth-order valence-corrected chi connectivity index (χ4v) is 1.30. The Bertz CT molecular complexity index is 466. The van der Waals surface area contributed by atoms with Crippen LogP contribution in [0.4, 0.5) is 13.2 Å². The minimum Gasteiger partial charge on any atom is -0.302 e. The quantitative estimate of drug-likeness (QED) is 0.629. The number of hydrogen-bond donors (Lipinski definition) is 0. The fraction of sp³-hybridized carbons (Fsp3) is 0.273. The monoisotopic (exact) mass is 278 g/mol. The zero-order chi connectivity index (χ0) is 13.9. The molecule has 18 heavy (non-hydrogen) atoms. The maximum absolute atomic E-state index is 12.4. The Hall–Kier alpha value is -1.56. The van der Waals surface area contributed by atoms with Crippen molar-refractivity contribution in [1.82, 2.24) is 5.01 Å². The maximum Gasteiger partial charge on any atom is 0.456 e. The standard InChI is InChI=1S/C11H10ClF3N2O/c1-17(2)16-9(10(18)11(13,14)15)7-3-5-8(12)6-4-7/h3-6H,1-2H3/b16-9-. The van der Waals surface area contributed by atoms with Crippen LogP contribution in [0.5, 0.6) is 0 Å². The molecule has 1 rings (SSSR count). The summed E-state index contributed by atoms with van der Waals surface area (Å²) in [7, 11) is 2.86. The summed E-state index contributed by atoms with van der Waals surface area (Å²) in [6.45, 7) is 0. The van der Waals surface area contributed by atoms with E-state index < -0.39 is 17.7 Å². The van der Waals surface area contributed by atoms with Crippen molar-refractivity contribution in [2.24, 2.45) is 5.10 Å². The largest absolute Gasteiger partial charge is 0.456 e. The zero-order valence-electron chi connectivity index (χ0n) is 9.62. The number of hydrazone groups is 1. The molecule has 0 heterocycles. The molecule has 7 heteroatoms. The third-order valence-corrected chi connectivity index (χ3v) is 2.14. The minimum atomic E-state index is -4.96. The van der Waals surface area contributed by atoms with E-state index in [9.17, 15) is 18.0 Å². The number of halogens is 4. The third-order valence-electron chi connectivity index (χ3n) is 1.89. The Morgan fingerprint density at radius 1 is 1.22 bits per heavy atom. The molecule has 1 aromatic rings. The van der Waals surface area contributed by atoms with Gasteiger partial charge >= 0.3 is 6.18 Å². The summed E-state index contributed by atoms with van der Waals surface area (Å²) in [5, 5.41) is 5.08. The van der Waals surface area contributed by atoms with Gasteiger partial charge in [-0.25, -0.2) is 0 Å². The molecule has 0 amide bonds. The average Bonchev–Trinajstić information content (AvgIpc) is 2.25. The normalized spacial score (nSPS) is 12.4. The lowest BCUT2D eigenvalue weighted by atomic mass is 10.1. The Kier molecular flexibility index (Phi) is 4.34. The van der Waals surface area contributed by atoms with E-state index in [0.29, 0.717) is 5.02 Å². The van der Waals surface area contributed by atoms with Crippen molar-refractivity contribution in [3.05, 3.63) is 34.9 Å². The van der Waals surface area contributed by atoms with E-state index in [1.165, 1.54) is 38.4 Å². The van der Waals surface area contributed by atoms with E-state index in [2.05, 4.69) is 5.10 Å². The van der Waals surface area contributed by atoms with Crippen LogP contribution in [0.1, 0.15) is 5.56 Å². The van der Waals surface area contributed by atoms with Crippen molar-refractivity contribution in [3.8, 4) is 0 Å². The fourth-order valence-electron chi connectivity index (χ4n) is 1.18. The first-order valence-electron chi connectivity index (χ1n) is 4.85. The Labute approximate surface area is 107 Å². The van der Waals surface area contributed by atoms with E-state index in [0.717, 1.165) is 5.01 Å². The second-order valence-electron chi connectivity index (χ2n) is 3.63. The second-order valence-corrected chi connectivity index (χ2v) is 4.07. The van der Waals surface area contributed by atoms with Gasteiger partial charge in [0.1, 0.15) is 5.71 Å². The Morgan fingerprint density at radius 3 is 2.11 bits per heavy atom. The average molecular weight is 279 g/mol. The molecule has 0 aliphatic carbocycles. The van der Waals surface area contributed by atoms with E-state index in [4.69, 9.17) is 11.6 Å². The van der Waals surface area contributed by atoms with Gasteiger partial charge in [-0.3, -0.25) is 4.79 Å². The lowest BCUT2D eigenvalue weighted by Gasteiger charge is -2.12. The number of ketones is 1. The molecule has 0 fully saturated rings. The first-order chi connectivity index (χ1) is 8.21. The predicted molar refractivity (Wildman–Crippen MR) is 62.7 cm³/mol. The molecule has 0 unspecified atom stereocenters. The van der Waals surface area contributed by atoms with Gasteiger partial charge in [0.15, 0.2) is 0 Å². The molecule has 0 atom stereocenters. The molecule has 1 aromatic carbocycles. The number of benzene rings is 1. The van der Waals surface area contributed by atoms with Crippen LogP contribution >= 0.6 is 11.6 Å². The molecular formula is C11H10ClF3N2O. The number of rotatable bonds is 3. The van der Waals surface area contributed by atoms with Crippen LogP contribution in [-0.2, 0) is 4.79 Å². The number of carbonyl (C=O) groups excluding carboxylic acids is 1. The lowest BCUT2D eigenvalue weighted by molar-refractivity contribution is -0.163. The van der Waals surface area contributed by atoms with Gasteiger partial charge in [-0.2, -0.15) is 18.3 Å². The molecule has 0 bridgehead atoms. The summed E-state index contributed by atoms with van der Waals surface area (Å²) in [4.78, 5) is 11.3. The van der Waals surface area contributed by atoms with Gasteiger partial charge in [-0.05, 0) is 12.1 Å². The first kappa shape index (κ1) is 14.5. The van der Waals surface area contributed by atoms with Crippen LogP contribution in [0.25, 0.3) is 0 Å². The Balaban J connectivity index is 3.23. The van der Waals surface area contributed by atoms with Crippen LogP contribution in [0, 0.1) is 0 Å². The summed E-state index contributed by atoms with van der Waals surface area (Å²) in [6.07, 6.45) is -4.96. The molecule has 0 spiro atoms. The van der Waals surface area contributed by atoms with E-state index in [1.807, 2.05) is 0 Å². The molecule has 98 valence electrons. The van der Waals surface area contributed by atoms with E-state index >= 15 is 0 Å². The van der Waals surface area contributed by atoms with Crippen LogP contribution in [0.2, 0.25) is 5.02 Å². The zero-order valence-corrected chi connectivity index (χ0v) is 10.4. The highest BCUT2D eigenvalue weighted by Gasteiger charge is 2.42. The van der Waals surface area contributed by atoms with Crippen molar-refractivity contribution in [2.75, 3.05) is 14.1 Å². The molecule has 0 saturated heterocycles. The molecule has 0 radical (unpaired) electrons. The molecule has 0 aliphatic heterocycles. The van der Waals surface area contributed by atoms with Crippen LogP contribution in [0.15, 0.2) is 29.4 Å². The van der Waals surface area contributed by atoms with Crippen LogP contribution < -0.4 is 0 Å². The number of hydrogen-bond acceptors (Lipinski definition) is 3. The van der Waals surface area contributed by atoms with Crippen molar-refractivity contribution in [1.29, 1.82) is 0 Å². The molecule has 0 N–H and O–H groups in total. The van der Waals surface area contributed by atoms with Crippen molar-refractivity contribution in [3.63, 3.8) is 0 Å². The summed E-state index contributed by atoms with van der Waals surface area (Å²) in [5.41, 5.74) is -0.598. The smallest absolute Gasteiger partial charge is 0.302 e. The summed E-state index contributed by atoms with van der Waals surface area (Å²) >= 11 is 5.63. The first-order valence-corrected chi connectivity index (χ1v) is 5.23. The van der Waals surface area contributed by atoms with E-state index in [-0.39, 0.29) is 5.56 Å². The van der Waals surface area contributed by atoms with Gasteiger partial charge in [-0.15, -0.1) is 0 Å². The van der Waals surface area contributed by atoms with Gasteiger partial charge in [0, 0.05) is 24.7 Å². The molecule has 0 aliphatic rings. The minimum absolute atomic E-state index is 0.0652. The summed E-state index contributed by atoms with van der Waals surface area (Å²) in [5.74, 6) is -1.99. The van der Waals surface area contributed by atoms with Gasteiger partial charge in [0.05, 0.1) is 0 Å². The second kappa shape index (κ2) is 5.39. The summed E-state index contributed by atoms with van der Waals surface area (Å²) < 4.78 is 37.3. The SMILES string of the molecule is CN(C)/N=C(\C(=O)C(F)(F)F)c1ccc(Cl)cc1. The van der Waals surface area contributed by atoms with Crippen LogP contribution in [0.3, 0.4) is 0 Å². The maximum atomic E-state index is 12.4. The highest BCUT2D eigenvalue weighted by atomic mass is 35.5. The van der Waals surface area contributed by atoms with Gasteiger partial charge < -0.3 is 5.01 Å². The van der Waals surface area contributed by atoms with Crippen molar-refractivity contribution >= 4 is 23.1 Å². The van der Waals surface area contributed by atoms with Crippen molar-refractivity contribution < 1.29 is 18.0 Å². The number of alkyl halides is 3. The summed E-state index contributed by atoms with van der Waals surface area (Å²) in [6, 6.07) is 5.42. The number of nitrogens with zero attached hydrogens (tertiary/aromatic N) is 2. The molecule has 0 saturated carbocycles. The predicted octanol–water partition coefficient (Wildman–Crippen LogP) is 2.74. The molecule has 0 aromatic heterocycles. The Morgan fingerprint density at radius 2 is 1.72 bits per heavy atom.